The first kappa shape index (κ1) is 17.8. The van der Waals surface area contributed by atoms with Crippen LogP contribution < -0.4 is 10.1 Å². The third-order valence-electron chi connectivity index (χ3n) is 4.78. The Morgan fingerprint density at radius 3 is 2.04 bits per heavy atom. The van der Waals surface area contributed by atoms with Crippen LogP contribution in [0.2, 0.25) is 0 Å². The number of fused-ring (bicyclic) bond motifs is 2. The largest absolute Gasteiger partial charge is 0.465 e. The van der Waals surface area contributed by atoms with Crippen LogP contribution in [0, 0.1) is 0 Å². The van der Waals surface area contributed by atoms with Gasteiger partial charge in [0.05, 0.1) is 18.6 Å². The van der Waals surface area contributed by atoms with Crippen molar-refractivity contribution in [1.82, 2.24) is 5.32 Å². The zero-order valence-corrected chi connectivity index (χ0v) is 15.3. The molecule has 140 valence electrons. The van der Waals surface area contributed by atoms with E-state index >= 15 is 0 Å². The van der Waals surface area contributed by atoms with Crippen molar-refractivity contribution in [2.75, 3.05) is 7.11 Å². The Morgan fingerprint density at radius 1 is 0.893 bits per heavy atom. The third-order valence-corrected chi connectivity index (χ3v) is 4.78. The van der Waals surface area contributed by atoms with Crippen molar-refractivity contribution in [2.45, 2.75) is 12.5 Å². The van der Waals surface area contributed by atoms with Gasteiger partial charge in [0.2, 0.25) is 5.91 Å². The van der Waals surface area contributed by atoms with Crippen LogP contribution in [0.25, 0.3) is 0 Å². The Hall–Kier alpha value is -3.60. The van der Waals surface area contributed by atoms with Gasteiger partial charge in [-0.15, -0.1) is 0 Å². The molecule has 0 bridgehead atoms. The van der Waals surface area contributed by atoms with Crippen LogP contribution in [0.5, 0.6) is 11.5 Å². The van der Waals surface area contributed by atoms with E-state index in [1.54, 1.807) is 24.3 Å². The maximum atomic E-state index is 13.1. The summed E-state index contributed by atoms with van der Waals surface area (Å²) >= 11 is 0. The average molecular weight is 373 g/mol. The van der Waals surface area contributed by atoms with E-state index in [9.17, 15) is 9.59 Å². The van der Waals surface area contributed by atoms with Crippen LogP contribution in [-0.2, 0) is 16.1 Å². The molecule has 28 heavy (non-hydrogen) atoms. The van der Waals surface area contributed by atoms with E-state index in [2.05, 4.69) is 5.32 Å². The third kappa shape index (κ3) is 3.34. The molecule has 1 amide bonds. The molecule has 0 unspecified atom stereocenters. The molecule has 1 aliphatic rings. The molecule has 1 aliphatic heterocycles. The van der Waals surface area contributed by atoms with E-state index in [1.807, 2.05) is 48.5 Å². The minimum Gasteiger partial charge on any atom is -0.465 e. The van der Waals surface area contributed by atoms with Crippen molar-refractivity contribution < 1.29 is 19.1 Å². The van der Waals surface area contributed by atoms with Crippen LogP contribution >= 0.6 is 0 Å². The predicted molar refractivity (Wildman–Crippen MR) is 104 cm³/mol. The highest BCUT2D eigenvalue weighted by Gasteiger charge is 2.32. The number of rotatable bonds is 4. The van der Waals surface area contributed by atoms with Gasteiger partial charge in [0.1, 0.15) is 11.5 Å². The van der Waals surface area contributed by atoms with Gasteiger partial charge in [0, 0.05) is 17.7 Å². The molecule has 3 aromatic rings. The quantitative estimate of drug-likeness (QED) is 0.702. The van der Waals surface area contributed by atoms with E-state index in [0.717, 1.165) is 16.7 Å². The fourth-order valence-electron chi connectivity index (χ4n) is 3.36. The van der Waals surface area contributed by atoms with E-state index in [1.165, 1.54) is 7.11 Å². The number of amides is 1. The number of para-hydroxylation sites is 2. The molecule has 3 aromatic carbocycles. The van der Waals surface area contributed by atoms with Gasteiger partial charge in [-0.05, 0) is 29.8 Å². The van der Waals surface area contributed by atoms with Crippen molar-refractivity contribution in [3.05, 3.63) is 95.1 Å². The molecule has 4 rings (SSSR count). The first-order valence-corrected chi connectivity index (χ1v) is 8.98. The monoisotopic (exact) mass is 373 g/mol. The predicted octanol–water partition coefficient (Wildman–Crippen LogP) is 4.03. The van der Waals surface area contributed by atoms with Gasteiger partial charge in [-0.1, -0.05) is 48.5 Å². The van der Waals surface area contributed by atoms with E-state index < -0.39 is 5.92 Å². The Morgan fingerprint density at radius 2 is 1.46 bits per heavy atom. The summed E-state index contributed by atoms with van der Waals surface area (Å²) in [5.74, 6) is 0.481. The van der Waals surface area contributed by atoms with Gasteiger partial charge in [-0.2, -0.15) is 0 Å². The number of carbonyl (C=O) groups excluding carboxylic acids is 2. The Balaban J connectivity index is 1.55. The number of hydrogen-bond donors (Lipinski definition) is 1. The fraction of sp³-hybridized carbons (Fsp3) is 0.130. The van der Waals surface area contributed by atoms with Crippen molar-refractivity contribution in [2.24, 2.45) is 0 Å². The Labute approximate surface area is 162 Å². The topological polar surface area (TPSA) is 64.6 Å². The Kier molecular flexibility index (Phi) is 4.81. The number of esters is 1. The molecule has 1 heterocycles. The zero-order chi connectivity index (χ0) is 19.5. The second-order valence-corrected chi connectivity index (χ2v) is 6.52. The molecular formula is C23H19NO4. The number of benzene rings is 3. The standard InChI is InChI=1S/C23H19NO4/c1-27-23(26)16-12-10-15(11-13-16)14-24-22(25)21-17-6-2-4-8-19(17)28-20-9-5-3-7-18(20)21/h2-13,21H,14H2,1H3,(H,24,25). The normalized spacial score (nSPS) is 12.3. The molecule has 0 spiro atoms. The summed E-state index contributed by atoms with van der Waals surface area (Å²) in [6.45, 7) is 0.363. The molecule has 0 aromatic heterocycles. The average Bonchev–Trinajstić information content (AvgIpc) is 2.75. The van der Waals surface area contributed by atoms with E-state index in [0.29, 0.717) is 23.6 Å². The molecule has 5 nitrogen and oxygen atoms in total. The van der Waals surface area contributed by atoms with Crippen LogP contribution in [-0.4, -0.2) is 19.0 Å². The van der Waals surface area contributed by atoms with Gasteiger partial charge in [0.25, 0.3) is 0 Å². The maximum Gasteiger partial charge on any atom is 0.337 e. The van der Waals surface area contributed by atoms with Gasteiger partial charge in [0.15, 0.2) is 0 Å². The minimum absolute atomic E-state index is 0.0970. The van der Waals surface area contributed by atoms with Crippen molar-refractivity contribution in [3.63, 3.8) is 0 Å². The number of carbonyl (C=O) groups is 2. The number of nitrogens with one attached hydrogen (secondary N) is 1. The summed E-state index contributed by atoms with van der Waals surface area (Å²) in [7, 11) is 1.35. The second kappa shape index (κ2) is 7.56. The SMILES string of the molecule is COC(=O)c1ccc(CNC(=O)C2c3ccccc3Oc3ccccc32)cc1. The lowest BCUT2D eigenvalue weighted by Gasteiger charge is -2.27. The van der Waals surface area contributed by atoms with Crippen molar-refractivity contribution in [3.8, 4) is 11.5 Å². The molecular weight excluding hydrogens is 354 g/mol. The van der Waals surface area contributed by atoms with Gasteiger partial charge in [-0.25, -0.2) is 4.79 Å². The van der Waals surface area contributed by atoms with Crippen LogP contribution in [0.1, 0.15) is 33.0 Å². The number of methoxy groups -OCH3 is 1. The van der Waals surface area contributed by atoms with Crippen LogP contribution in [0.15, 0.2) is 72.8 Å². The minimum atomic E-state index is -0.435. The van der Waals surface area contributed by atoms with E-state index in [4.69, 9.17) is 9.47 Å². The van der Waals surface area contributed by atoms with Crippen molar-refractivity contribution in [1.29, 1.82) is 0 Å². The van der Waals surface area contributed by atoms with Gasteiger partial charge in [-0.3, -0.25) is 4.79 Å². The van der Waals surface area contributed by atoms with Crippen LogP contribution in [0.4, 0.5) is 0 Å². The first-order valence-electron chi connectivity index (χ1n) is 8.98. The smallest absolute Gasteiger partial charge is 0.337 e. The zero-order valence-electron chi connectivity index (χ0n) is 15.3. The maximum absolute atomic E-state index is 13.1. The summed E-state index contributed by atoms with van der Waals surface area (Å²) in [5.41, 5.74) is 3.07. The number of ether oxygens (including phenoxy) is 2. The summed E-state index contributed by atoms with van der Waals surface area (Å²) in [4.78, 5) is 24.6. The summed E-state index contributed by atoms with van der Waals surface area (Å²) in [6.07, 6.45) is 0. The molecule has 0 saturated carbocycles. The highest BCUT2D eigenvalue weighted by molar-refractivity contribution is 5.90. The molecule has 0 atom stereocenters. The van der Waals surface area contributed by atoms with Gasteiger partial charge >= 0.3 is 5.97 Å². The molecule has 5 heteroatoms. The molecule has 0 saturated heterocycles. The molecule has 0 fully saturated rings. The van der Waals surface area contributed by atoms with Gasteiger partial charge < -0.3 is 14.8 Å². The van der Waals surface area contributed by atoms with Crippen molar-refractivity contribution >= 4 is 11.9 Å². The number of hydrogen-bond acceptors (Lipinski definition) is 4. The fourth-order valence-corrected chi connectivity index (χ4v) is 3.36. The summed E-state index contributed by atoms with van der Waals surface area (Å²) in [5, 5.41) is 3.00. The first-order chi connectivity index (χ1) is 13.7. The molecule has 1 N–H and O–H groups in total. The lowest BCUT2D eigenvalue weighted by molar-refractivity contribution is -0.122. The highest BCUT2D eigenvalue weighted by atomic mass is 16.5. The Bertz CT molecular complexity index is 981. The van der Waals surface area contributed by atoms with Crippen LogP contribution in [0.3, 0.4) is 0 Å². The molecule has 0 radical (unpaired) electrons. The summed E-state index contributed by atoms with van der Waals surface area (Å²) < 4.78 is 10.6. The second-order valence-electron chi connectivity index (χ2n) is 6.52. The highest BCUT2D eigenvalue weighted by Crippen LogP contribution is 2.43. The van der Waals surface area contributed by atoms with E-state index in [-0.39, 0.29) is 11.9 Å². The summed E-state index contributed by atoms with van der Waals surface area (Å²) in [6, 6.07) is 22.2. The molecule has 0 aliphatic carbocycles. The lowest BCUT2D eigenvalue weighted by atomic mass is 9.87. The lowest BCUT2D eigenvalue weighted by Crippen LogP contribution is -2.31.